The molecule has 0 saturated heterocycles. The molecule has 0 atom stereocenters. The average molecular weight is 330 g/mol. The van der Waals surface area contributed by atoms with Crippen LogP contribution in [0.2, 0.25) is 5.02 Å². The molecule has 0 amide bonds. The summed E-state index contributed by atoms with van der Waals surface area (Å²) < 4.78 is 31.1. The summed E-state index contributed by atoms with van der Waals surface area (Å²) in [7, 11) is -2.07. The van der Waals surface area contributed by atoms with Crippen LogP contribution >= 0.6 is 11.6 Å². The number of imidazole rings is 1. The van der Waals surface area contributed by atoms with Gasteiger partial charge in [-0.2, -0.15) is 4.31 Å². The van der Waals surface area contributed by atoms with Gasteiger partial charge in [-0.05, 0) is 31.2 Å². The first-order valence-corrected chi connectivity index (χ1v) is 8.08. The number of aryl methyl sites for hydroxylation is 1. The van der Waals surface area contributed by atoms with Crippen LogP contribution in [0, 0.1) is 6.92 Å². The van der Waals surface area contributed by atoms with E-state index in [-0.39, 0.29) is 18.2 Å². The summed E-state index contributed by atoms with van der Waals surface area (Å²) in [6.45, 7) is 2.16. The molecule has 2 rings (SSSR count). The van der Waals surface area contributed by atoms with Gasteiger partial charge in [0.2, 0.25) is 0 Å². The maximum atomic E-state index is 12.2. The van der Waals surface area contributed by atoms with E-state index in [1.54, 1.807) is 31.2 Å². The molecule has 0 fully saturated rings. The molecule has 2 aromatic rings. The van der Waals surface area contributed by atoms with Crippen molar-refractivity contribution in [2.45, 2.75) is 11.9 Å². The number of H-pyrrole nitrogens is 1. The number of rotatable bonds is 6. The molecule has 0 saturated carbocycles. The summed E-state index contributed by atoms with van der Waals surface area (Å²) in [5.74, 6) is 1.20. The van der Waals surface area contributed by atoms with Crippen LogP contribution in [-0.2, 0) is 10.0 Å². The standard InChI is InChI=1S/C13H16ClN3O3S/c1-10-15-9-13(16-10)21(18,19)17(2)7-8-20-12-5-3-11(14)4-6-12/h3-6,9H,7-8H2,1-2H3,(H,15,16). The highest BCUT2D eigenvalue weighted by atomic mass is 35.5. The SMILES string of the molecule is Cc1ncc(S(=O)(=O)N(C)CCOc2ccc(Cl)cc2)[nH]1. The Morgan fingerprint density at radius 2 is 2.00 bits per heavy atom. The van der Waals surface area contributed by atoms with Crippen molar-refractivity contribution < 1.29 is 13.2 Å². The van der Waals surface area contributed by atoms with E-state index in [4.69, 9.17) is 16.3 Å². The minimum absolute atomic E-state index is 0.0778. The van der Waals surface area contributed by atoms with E-state index in [9.17, 15) is 8.42 Å². The van der Waals surface area contributed by atoms with Crippen molar-refractivity contribution in [1.82, 2.24) is 14.3 Å². The largest absolute Gasteiger partial charge is 0.492 e. The predicted octanol–water partition coefficient (Wildman–Crippen LogP) is 2.07. The molecule has 8 heteroatoms. The number of aromatic nitrogens is 2. The quantitative estimate of drug-likeness (QED) is 0.880. The first kappa shape index (κ1) is 15.8. The minimum Gasteiger partial charge on any atom is -0.492 e. The number of nitrogens with zero attached hydrogens (tertiary/aromatic N) is 2. The van der Waals surface area contributed by atoms with Crippen LogP contribution in [0.3, 0.4) is 0 Å². The average Bonchev–Trinajstić information content (AvgIpc) is 2.88. The summed E-state index contributed by atoms with van der Waals surface area (Å²) >= 11 is 5.77. The molecule has 1 aromatic carbocycles. The van der Waals surface area contributed by atoms with Crippen molar-refractivity contribution in [2.24, 2.45) is 0 Å². The Hall–Kier alpha value is -1.57. The third kappa shape index (κ3) is 3.96. The third-order valence-electron chi connectivity index (χ3n) is 2.86. The molecule has 0 bridgehead atoms. The van der Waals surface area contributed by atoms with Crippen LogP contribution in [0.1, 0.15) is 5.82 Å². The lowest BCUT2D eigenvalue weighted by atomic mass is 10.3. The van der Waals surface area contributed by atoms with Gasteiger partial charge in [-0.3, -0.25) is 0 Å². The summed E-state index contributed by atoms with van der Waals surface area (Å²) in [4.78, 5) is 6.61. The van der Waals surface area contributed by atoms with Crippen molar-refractivity contribution in [3.8, 4) is 5.75 Å². The van der Waals surface area contributed by atoms with Gasteiger partial charge in [0.1, 0.15) is 18.2 Å². The fourth-order valence-electron chi connectivity index (χ4n) is 1.64. The van der Waals surface area contributed by atoms with E-state index in [1.165, 1.54) is 17.5 Å². The molecule has 0 radical (unpaired) electrons. The molecule has 0 unspecified atom stereocenters. The molecule has 114 valence electrons. The highest BCUT2D eigenvalue weighted by Crippen LogP contribution is 2.16. The van der Waals surface area contributed by atoms with Crippen LogP contribution in [0.15, 0.2) is 35.5 Å². The van der Waals surface area contributed by atoms with E-state index >= 15 is 0 Å². The molecule has 6 nitrogen and oxygen atoms in total. The van der Waals surface area contributed by atoms with Crippen LogP contribution in [0.4, 0.5) is 0 Å². The number of aromatic amines is 1. The highest BCUT2D eigenvalue weighted by molar-refractivity contribution is 7.89. The number of hydrogen-bond donors (Lipinski definition) is 1. The number of nitrogens with one attached hydrogen (secondary N) is 1. The van der Waals surface area contributed by atoms with Gasteiger partial charge in [0.15, 0.2) is 5.03 Å². The second-order valence-electron chi connectivity index (χ2n) is 4.46. The van der Waals surface area contributed by atoms with Crippen molar-refractivity contribution in [3.63, 3.8) is 0 Å². The molecule has 21 heavy (non-hydrogen) atoms. The van der Waals surface area contributed by atoms with Gasteiger partial charge in [-0.15, -0.1) is 0 Å². The second kappa shape index (κ2) is 6.46. The number of hydrogen-bond acceptors (Lipinski definition) is 4. The van der Waals surface area contributed by atoms with E-state index in [0.717, 1.165) is 0 Å². The van der Waals surface area contributed by atoms with Crippen LogP contribution in [0.25, 0.3) is 0 Å². The lowest BCUT2D eigenvalue weighted by Crippen LogP contribution is -2.31. The van der Waals surface area contributed by atoms with Crippen molar-refractivity contribution in [2.75, 3.05) is 20.2 Å². The fraction of sp³-hybridized carbons (Fsp3) is 0.308. The number of sulfonamides is 1. The molecule has 0 aliphatic heterocycles. The Morgan fingerprint density at radius 3 is 2.57 bits per heavy atom. The monoisotopic (exact) mass is 329 g/mol. The summed E-state index contributed by atoms with van der Waals surface area (Å²) in [6.07, 6.45) is 1.31. The van der Waals surface area contributed by atoms with Gasteiger partial charge < -0.3 is 9.72 Å². The molecule has 1 N–H and O–H groups in total. The van der Waals surface area contributed by atoms with Gasteiger partial charge in [0, 0.05) is 18.6 Å². The minimum atomic E-state index is -3.57. The molecular formula is C13H16ClN3O3S. The number of halogens is 1. The topological polar surface area (TPSA) is 75.3 Å². The van der Waals surface area contributed by atoms with E-state index in [2.05, 4.69) is 9.97 Å². The van der Waals surface area contributed by atoms with Gasteiger partial charge in [-0.1, -0.05) is 11.6 Å². The van der Waals surface area contributed by atoms with Gasteiger partial charge in [-0.25, -0.2) is 13.4 Å². The zero-order chi connectivity index (χ0) is 15.5. The van der Waals surface area contributed by atoms with Crippen molar-refractivity contribution in [1.29, 1.82) is 0 Å². The molecule has 0 spiro atoms. The van der Waals surface area contributed by atoms with Crippen LogP contribution < -0.4 is 4.74 Å². The normalized spacial score (nSPS) is 11.8. The second-order valence-corrected chi connectivity index (χ2v) is 6.91. The summed E-state index contributed by atoms with van der Waals surface area (Å²) in [6, 6.07) is 6.89. The fourth-order valence-corrected chi connectivity index (χ4v) is 2.88. The molecule has 1 aromatic heterocycles. The Kier molecular flexibility index (Phi) is 4.87. The summed E-state index contributed by atoms with van der Waals surface area (Å²) in [5.41, 5.74) is 0. The van der Waals surface area contributed by atoms with E-state index < -0.39 is 10.0 Å². The van der Waals surface area contributed by atoms with Crippen LogP contribution in [-0.4, -0.2) is 42.9 Å². The molecule has 1 heterocycles. The first-order valence-electron chi connectivity index (χ1n) is 6.26. The first-order chi connectivity index (χ1) is 9.89. The lowest BCUT2D eigenvalue weighted by Gasteiger charge is -2.16. The smallest absolute Gasteiger partial charge is 0.259 e. The van der Waals surface area contributed by atoms with Crippen molar-refractivity contribution in [3.05, 3.63) is 41.3 Å². The Balaban J connectivity index is 1.92. The molecule has 0 aliphatic rings. The van der Waals surface area contributed by atoms with E-state index in [1.807, 2.05) is 0 Å². The zero-order valence-corrected chi connectivity index (χ0v) is 13.3. The van der Waals surface area contributed by atoms with Gasteiger partial charge in [0.05, 0.1) is 6.20 Å². The maximum absolute atomic E-state index is 12.2. The lowest BCUT2D eigenvalue weighted by molar-refractivity contribution is 0.286. The maximum Gasteiger partial charge on any atom is 0.259 e. The molecule has 0 aliphatic carbocycles. The summed E-state index contributed by atoms with van der Waals surface area (Å²) in [5, 5.41) is 0.700. The Morgan fingerprint density at radius 1 is 1.33 bits per heavy atom. The zero-order valence-electron chi connectivity index (χ0n) is 11.7. The Labute approximate surface area is 128 Å². The number of ether oxygens (including phenoxy) is 1. The highest BCUT2D eigenvalue weighted by Gasteiger charge is 2.22. The van der Waals surface area contributed by atoms with Crippen molar-refractivity contribution >= 4 is 21.6 Å². The van der Waals surface area contributed by atoms with Gasteiger partial charge in [0.25, 0.3) is 10.0 Å². The third-order valence-corrected chi connectivity index (χ3v) is 4.87. The number of benzene rings is 1. The van der Waals surface area contributed by atoms with Crippen LogP contribution in [0.5, 0.6) is 5.75 Å². The van der Waals surface area contributed by atoms with Gasteiger partial charge >= 0.3 is 0 Å². The Bertz CT molecular complexity index is 698. The molecular weight excluding hydrogens is 314 g/mol. The van der Waals surface area contributed by atoms with E-state index in [0.29, 0.717) is 16.6 Å². The predicted molar refractivity (Wildman–Crippen MR) is 80.1 cm³/mol. The number of likely N-dealkylation sites (N-methyl/N-ethyl adjacent to an activating group) is 1.